The van der Waals surface area contributed by atoms with Crippen LogP contribution in [0.2, 0.25) is 0 Å². The molecule has 0 spiro atoms. The highest BCUT2D eigenvalue weighted by atomic mass is 32.1. The minimum absolute atomic E-state index is 0.173. The van der Waals surface area contributed by atoms with E-state index in [0.29, 0.717) is 45.9 Å². The van der Waals surface area contributed by atoms with E-state index in [-0.39, 0.29) is 5.91 Å². The minimum Gasteiger partial charge on any atom is -0.493 e. The van der Waals surface area contributed by atoms with Gasteiger partial charge in [0, 0.05) is 16.7 Å². The molecule has 1 heterocycles. The van der Waals surface area contributed by atoms with Crippen molar-refractivity contribution in [3.63, 3.8) is 0 Å². The zero-order chi connectivity index (χ0) is 25.5. The fourth-order valence-electron chi connectivity index (χ4n) is 4.44. The van der Waals surface area contributed by atoms with E-state index in [9.17, 15) is 4.79 Å². The molecule has 1 amide bonds. The van der Waals surface area contributed by atoms with E-state index in [1.807, 2.05) is 43.3 Å². The number of rotatable bonds is 9. The number of aliphatic imine (C=N–C) groups is 1. The molecule has 1 N–H and O–H groups in total. The van der Waals surface area contributed by atoms with E-state index < -0.39 is 0 Å². The predicted molar refractivity (Wildman–Crippen MR) is 144 cm³/mol. The number of para-hydroxylation sites is 2. The van der Waals surface area contributed by atoms with Crippen molar-refractivity contribution in [3.05, 3.63) is 58.0 Å². The Balaban J connectivity index is 1.74. The normalized spacial score (nSPS) is 13.1. The summed E-state index contributed by atoms with van der Waals surface area (Å²) >= 11 is 1.59. The van der Waals surface area contributed by atoms with Crippen LogP contribution in [-0.2, 0) is 12.8 Å². The van der Waals surface area contributed by atoms with E-state index >= 15 is 0 Å². The summed E-state index contributed by atoms with van der Waals surface area (Å²) in [6.07, 6.45) is 6.90. The molecule has 3 aromatic rings. The average molecular weight is 509 g/mol. The molecule has 36 heavy (non-hydrogen) atoms. The van der Waals surface area contributed by atoms with E-state index in [1.165, 1.54) is 4.88 Å². The minimum atomic E-state index is -0.173. The van der Waals surface area contributed by atoms with Gasteiger partial charge in [-0.25, -0.2) is 4.99 Å². The van der Waals surface area contributed by atoms with Gasteiger partial charge < -0.3 is 24.3 Å². The Bertz CT molecular complexity index is 1250. The second kappa shape index (κ2) is 11.9. The first-order valence-corrected chi connectivity index (χ1v) is 12.9. The van der Waals surface area contributed by atoms with Crippen LogP contribution in [0.3, 0.4) is 0 Å². The number of hydrogen-bond acceptors (Lipinski definition) is 7. The van der Waals surface area contributed by atoms with Gasteiger partial charge in [0.2, 0.25) is 5.75 Å². The molecule has 0 saturated carbocycles. The zero-order valence-corrected chi connectivity index (χ0v) is 22.0. The van der Waals surface area contributed by atoms with E-state index in [1.54, 1.807) is 38.9 Å². The van der Waals surface area contributed by atoms with Gasteiger partial charge in [0.25, 0.3) is 5.91 Å². The van der Waals surface area contributed by atoms with Crippen molar-refractivity contribution in [2.75, 3.05) is 33.3 Å². The van der Waals surface area contributed by atoms with Gasteiger partial charge in [-0.3, -0.25) is 4.79 Å². The number of benzene rings is 2. The van der Waals surface area contributed by atoms with Crippen LogP contribution in [-0.4, -0.2) is 40.1 Å². The van der Waals surface area contributed by atoms with Gasteiger partial charge in [-0.1, -0.05) is 18.6 Å². The molecule has 2 aromatic carbocycles. The Labute approximate surface area is 216 Å². The van der Waals surface area contributed by atoms with Crippen molar-refractivity contribution in [1.82, 2.24) is 0 Å². The maximum atomic E-state index is 13.7. The molecule has 0 radical (unpaired) electrons. The fraction of sp³-hybridized carbons (Fsp3) is 0.357. The van der Waals surface area contributed by atoms with Gasteiger partial charge in [0.05, 0.1) is 39.2 Å². The number of nitrogens with zero attached hydrogens (tertiary/aromatic N) is 1. The number of carbonyl (C=O) groups excluding carboxylic acids is 1. The summed E-state index contributed by atoms with van der Waals surface area (Å²) in [6, 6.07) is 11.2. The first kappa shape index (κ1) is 25.6. The van der Waals surface area contributed by atoms with Crippen molar-refractivity contribution >= 4 is 34.1 Å². The van der Waals surface area contributed by atoms with Gasteiger partial charge >= 0.3 is 0 Å². The predicted octanol–water partition coefficient (Wildman–Crippen LogP) is 6.44. The van der Waals surface area contributed by atoms with Crippen LogP contribution in [0.5, 0.6) is 23.0 Å². The van der Waals surface area contributed by atoms with E-state index in [2.05, 4.69) is 5.32 Å². The second-order valence-electron chi connectivity index (χ2n) is 8.31. The highest BCUT2D eigenvalue weighted by Crippen LogP contribution is 2.42. The van der Waals surface area contributed by atoms with Crippen LogP contribution < -0.4 is 24.3 Å². The number of nitrogens with one attached hydrogen (secondary N) is 1. The van der Waals surface area contributed by atoms with Crippen molar-refractivity contribution in [1.29, 1.82) is 0 Å². The van der Waals surface area contributed by atoms with E-state index in [4.69, 9.17) is 23.9 Å². The third-order valence-corrected chi connectivity index (χ3v) is 7.32. The molecule has 8 heteroatoms. The van der Waals surface area contributed by atoms with Crippen LogP contribution in [0, 0.1) is 0 Å². The molecule has 1 aliphatic carbocycles. The average Bonchev–Trinajstić information content (AvgIpc) is 3.08. The first-order chi connectivity index (χ1) is 17.6. The Hall–Kier alpha value is -3.52. The Morgan fingerprint density at radius 3 is 2.50 bits per heavy atom. The van der Waals surface area contributed by atoms with Gasteiger partial charge in [-0.15, -0.1) is 11.3 Å². The standard InChI is InChI=1S/C28H32N2O5S/c1-5-35-21-13-10-9-12-20(21)30-27(31)24-19-11-7-6-8-14-23(19)36-28(24)29-17-18-15-16-22(32-2)26(34-4)25(18)33-3/h9-10,12-13,15-17H,5-8,11,14H2,1-4H3,(H,30,31)/b29-17+. The number of thiophene rings is 1. The topological polar surface area (TPSA) is 78.4 Å². The van der Waals surface area contributed by atoms with Crippen molar-refractivity contribution < 1.29 is 23.7 Å². The summed E-state index contributed by atoms with van der Waals surface area (Å²) in [5, 5.41) is 3.76. The van der Waals surface area contributed by atoms with Gasteiger partial charge in [0.15, 0.2) is 11.5 Å². The highest BCUT2D eigenvalue weighted by Gasteiger charge is 2.25. The van der Waals surface area contributed by atoms with E-state index in [0.717, 1.165) is 43.2 Å². The molecule has 0 atom stereocenters. The van der Waals surface area contributed by atoms with Crippen molar-refractivity contribution in [2.24, 2.45) is 4.99 Å². The molecule has 1 aromatic heterocycles. The Morgan fingerprint density at radius 2 is 1.75 bits per heavy atom. The lowest BCUT2D eigenvalue weighted by Crippen LogP contribution is -2.14. The summed E-state index contributed by atoms with van der Waals surface area (Å²) in [6.45, 7) is 2.44. The SMILES string of the molecule is CCOc1ccccc1NC(=O)c1c(/N=C/c2ccc(OC)c(OC)c2OC)sc2c1CCCCC2. The molecule has 0 fully saturated rings. The van der Waals surface area contributed by atoms with Gasteiger partial charge in [0.1, 0.15) is 10.8 Å². The van der Waals surface area contributed by atoms with Crippen LogP contribution in [0.25, 0.3) is 0 Å². The summed E-state index contributed by atoms with van der Waals surface area (Å²) in [5.41, 5.74) is 3.12. The van der Waals surface area contributed by atoms with Crippen LogP contribution in [0.1, 0.15) is 52.5 Å². The lowest BCUT2D eigenvalue weighted by atomic mass is 10.0. The monoisotopic (exact) mass is 508 g/mol. The Morgan fingerprint density at radius 1 is 0.972 bits per heavy atom. The number of amides is 1. The van der Waals surface area contributed by atoms with Crippen LogP contribution >= 0.6 is 11.3 Å². The quantitative estimate of drug-likeness (QED) is 0.266. The number of methoxy groups -OCH3 is 3. The van der Waals surface area contributed by atoms with Gasteiger partial charge in [-0.05, 0) is 62.4 Å². The summed E-state index contributed by atoms with van der Waals surface area (Å²) < 4.78 is 22.2. The molecule has 190 valence electrons. The third kappa shape index (κ3) is 5.33. The Kier molecular flexibility index (Phi) is 8.48. The molecule has 0 bridgehead atoms. The molecular formula is C28H32N2O5S. The maximum Gasteiger partial charge on any atom is 0.259 e. The number of aryl methyl sites for hydroxylation is 1. The number of anilines is 1. The van der Waals surface area contributed by atoms with Gasteiger partial charge in [-0.2, -0.15) is 0 Å². The number of fused-ring (bicyclic) bond motifs is 1. The largest absolute Gasteiger partial charge is 0.493 e. The highest BCUT2D eigenvalue weighted by molar-refractivity contribution is 7.16. The molecule has 0 saturated heterocycles. The smallest absolute Gasteiger partial charge is 0.259 e. The molecule has 0 aliphatic heterocycles. The molecule has 4 rings (SSSR count). The zero-order valence-electron chi connectivity index (χ0n) is 21.2. The third-order valence-electron chi connectivity index (χ3n) is 6.12. The summed E-state index contributed by atoms with van der Waals surface area (Å²) in [4.78, 5) is 19.7. The molecule has 7 nitrogen and oxygen atoms in total. The molecule has 0 unspecified atom stereocenters. The van der Waals surface area contributed by atoms with Crippen LogP contribution in [0.4, 0.5) is 10.7 Å². The van der Waals surface area contributed by atoms with Crippen molar-refractivity contribution in [3.8, 4) is 23.0 Å². The lowest BCUT2D eigenvalue weighted by Gasteiger charge is -2.14. The number of carbonyl (C=O) groups is 1. The molecule has 1 aliphatic rings. The van der Waals surface area contributed by atoms with Crippen molar-refractivity contribution in [2.45, 2.75) is 39.0 Å². The lowest BCUT2D eigenvalue weighted by molar-refractivity contribution is 0.102. The first-order valence-electron chi connectivity index (χ1n) is 12.1. The fourth-order valence-corrected chi connectivity index (χ4v) is 5.67. The maximum absolute atomic E-state index is 13.7. The number of hydrogen-bond donors (Lipinski definition) is 1. The van der Waals surface area contributed by atoms with Crippen LogP contribution in [0.15, 0.2) is 41.4 Å². The molecular weight excluding hydrogens is 476 g/mol. The second-order valence-corrected chi connectivity index (χ2v) is 9.39. The summed E-state index contributed by atoms with van der Waals surface area (Å²) in [5.74, 6) is 2.07. The summed E-state index contributed by atoms with van der Waals surface area (Å²) in [7, 11) is 4.73. The number of ether oxygens (including phenoxy) is 4.